The Morgan fingerprint density at radius 2 is 1.94 bits per heavy atom. The van der Waals surface area contributed by atoms with Crippen LogP contribution in [0.25, 0.3) is 0 Å². The maximum absolute atomic E-state index is 12.4. The second-order valence-electron chi connectivity index (χ2n) is 5.58. The van der Waals surface area contributed by atoms with Crippen LogP contribution in [0.5, 0.6) is 0 Å². The minimum Gasteiger partial charge on any atom is -0.384 e. The first-order valence-corrected chi connectivity index (χ1v) is 6.49. The van der Waals surface area contributed by atoms with Gasteiger partial charge in [0, 0.05) is 24.3 Å². The summed E-state index contributed by atoms with van der Waals surface area (Å²) in [5.41, 5.74) is 7.14. The molecule has 2 rings (SSSR count). The number of rotatable bonds is 1. The third kappa shape index (κ3) is 2.81. The fraction of sp³-hybridized carbons (Fsp3) is 0.571. The van der Waals surface area contributed by atoms with Crippen molar-refractivity contribution in [3.63, 3.8) is 0 Å². The fourth-order valence-electron chi connectivity index (χ4n) is 2.83. The van der Waals surface area contributed by atoms with E-state index in [1.807, 2.05) is 17.9 Å². The number of nitrogens with zero attached hydrogens (tertiary/aromatic N) is 2. The van der Waals surface area contributed by atoms with E-state index in [0.29, 0.717) is 23.2 Å². The first-order chi connectivity index (χ1) is 8.45. The zero-order valence-corrected chi connectivity index (χ0v) is 11.3. The van der Waals surface area contributed by atoms with E-state index in [2.05, 4.69) is 18.8 Å². The van der Waals surface area contributed by atoms with Crippen molar-refractivity contribution in [1.82, 2.24) is 9.88 Å². The van der Waals surface area contributed by atoms with Crippen molar-refractivity contribution in [2.75, 3.05) is 18.8 Å². The molecule has 0 radical (unpaired) electrons. The highest BCUT2D eigenvalue weighted by molar-refractivity contribution is 5.95. The second kappa shape index (κ2) is 4.96. The number of aryl methyl sites for hydroxylation is 1. The van der Waals surface area contributed by atoms with Gasteiger partial charge in [-0.2, -0.15) is 0 Å². The summed E-state index contributed by atoms with van der Waals surface area (Å²) in [5, 5.41) is 0. The number of carbonyl (C=O) groups excluding carboxylic acids is 1. The first-order valence-electron chi connectivity index (χ1n) is 6.49. The molecule has 0 aliphatic carbocycles. The van der Waals surface area contributed by atoms with E-state index in [1.165, 1.54) is 6.42 Å². The molecule has 0 spiro atoms. The molecule has 0 bridgehead atoms. The van der Waals surface area contributed by atoms with E-state index in [1.54, 1.807) is 6.07 Å². The molecule has 1 amide bonds. The molecule has 1 aliphatic heterocycles. The van der Waals surface area contributed by atoms with Gasteiger partial charge in [-0.05, 0) is 37.3 Å². The summed E-state index contributed by atoms with van der Waals surface area (Å²) < 4.78 is 0. The first kappa shape index (κ1) is 12.9. The van der Waals surface area contributed by atoms with Gasteiger partial charge in [0.25, 0.3) is 5.91 Å². The molecule has 2 heterocycles. The van der Waals surface area contributed by atoms with Crippen LogP contribution in [0.1, 0.15) is 36.3 Å². The standard InChI is InChI=1S/C14H21N3O/c1-9-4-10(2)8-17(7-9)14(18)12-5-11(3)16-13(15)6-12/h5-6,9-10H,4,7-8H2,1-3H3,(H2,15,16). The van der Waals surface area contributed by atoms with E-state index in [4.69, 9.17) is 5.73 Å². The van der Waals surface area contributed by atoms with Gasteiger partial charge in [-0.3, -0.25) is 4.79 Å². The summed E-state index contributed by atoms with van der Waals surface area (Å²) in [5.74, 6) is 1.62. The van der Waals surface area contributed by atoms with Gasteiger partial charge in [0.2, 0.25) is 0 Å². The molecule has 1 aromatic rings. The number of hydrogen-bond donors (Lipinski definition) is 1. The number of likely N-dealkylation sites (tertiary alicyclic amines) is 1. The molecule has 4 heteroatoms. The summed E-state index contributed by atoms with van der Waals surface area (Å²) in [6.07, 6.45) is 1.20. The Balaban J connectivity index is 2.20. The molecule has 98 valence electrons. The average molecular weight is 247 g/mol. The van der Waals surface area contributed by atoms with E-state index in [9.17, 15) is 4.79 Å². The van der Waals surface area contributed by atoms with Crippen LogP contribution in [0.2, 0.25) is 0 Å². The van der Waals surface area contributed by atoms with Crippen LogP contribution in [-0.2, 0) is 0 Å². The van der Waals surface area contributed by atoms with E-state index in [-0.39, 0.29) is 5.91 Å². The zero-order valence-electron chi connectivity index (χ0n) is 11.3. The Hall–Kier alpha value is -1.58. The number of aromatic nitrogens is 1. The van der Waals surface area contributed by atoms with Crippen LogP contribution in [-0.4, -0.2) is 28.9 Å². The number of anilines is 1. The molecule has 18 heavy (non-hydrogen) atoms. The molecule has 0 aromatic carbocycles. The third-order valence-electron chi connectivity index (χ3n) is 3.38. The molecule has 2 unspecified atom stereocenters. The zero-order chi connectivity index (χ0) is 13.3. The fourth-order valence-corrected chi connectivity index (χ4v) is 2.83. The predicted octanol–water partition coefficient (Wildman–Crippen LogP) is 2.09. The summed E-state index contributed by atoms with van der Waals surface area (Å²) >= 11 is 0. The van der Waals surface area contributed by atoms with Crippen molar-refractivity contribution in [2.45, 2.75) is 27.2 Å². The minimum absolute atomic E-state index is 0.0746. The van der Waals surface area contributed by atoms with Gasteiger partial charge in [-0.1, -0.05) is 13.8 Å². The van der Waals surface area contributed by atoms with Gasteiger partial charge in [0.1, 0.15) is 5.82 Å². The lowest BCUT2D eigenvalue weighted by molar-refractivity contribution is 0.0623. The predicted molar refractivity (Wildman–Crippen MR) is 72.2 cm³/mol. The molecule has 0 saturated carbocycles. The third-order valence-corrected chi connectivity index (χ3v) is 3.38. The van der Waals surface area contributed by atoms with Crippen LogP contribution < -0.4 is 5.73 Å². The molecule has 1 fully saturated rings. The van der Waals surface area contributed by atoms with Crippen molar-refractivity contribution in [3.05, 3.63) is 23.4 Å². The van der Waals surface area contributed by atoms with Gasteiger partial charge in [-0.25, -0.2) is 4.98 Å². The number of nitrogen functional groups attached to an aromatic ring is 1. The van der Waals surface area contributed by atoms with Gasteiger partial charge < -0.3 is 10.6 Å². The highest BCUT2D eigenvalue weighted by Crippen LogP contribution is 2.22. The number of piperidine rings is 1. The highest BCUT2D eigenvalue weighted by atomic mass is 16.2. The normalized spacial score (nSPS) is 24.1. The average Bonchev–Trinajstić information content (AvgIpc) is 2.25. The number of pyridine rings is 1. The summed E-state index contributed by atoms with van der Waals surface area (Å²) in [4.78, 5) is 18.5. The lowest BCUT2D eigenvalue weighted by Crippen LogP contribution is -2.42. The Bertz CT molecular complexity index is 428. The maximum Gasteiger partial charge on any atom is 0.254 e. The summed E-state index contributed by atoms with van der Waals surface area (Å²) in [6.45, 7) is 7.92. The van der Waals surface area contributed by atoms with Crippen molar-refractivity contribution >= 4 is 11.7 Å². The van der Waals surface area contributed by atoms with E-state index in [0.717, 1.165) is 18.8 Å². The van der Waals surface area contributed by atoms with Crippen molar-refractivity contribution in [1.29, 1.82) is 0 Å². The highest BCUT2D eigenvalue weighted by Gasteiger charge is 2.26. The monoisotopic (exact) mass is 247 g/mol. The largest absolute Gasteiger partial charge is 0.384 e. The summed E-state index contributed by atoms with van der Waals surface area (Å²) in [7, 11) is 0. The van der Waals surface area contributed by atoms with Gasteiger partial charge in [0.05, 0.1) is 0 Å². The van der Waals surface area contributed by atoms with Gasteiger partial charge >= 0.3 is 0 Å². The van der Waals surface area contributed by atoms with Crippen LogP contribution in [0.3, 0.4) is 0 Å². The topological polar surface area (TPSA) is 59.2 Å². The van der Waals surface area contributed by atoms with Gasteiger partial charge in [-0.15, -0.1) is 0 Å². The second-order valence-corrected chi connectivity index (χ2v) is 5.58. The number of hydrogen-bond acceptors (Lipinski definition) is 3. The molecule has 1 aromatic heterocycles. The van der Waals surface area contributed by atoms with Crippen LogP contribution in [0, 0.1) is 18.8 Å². The molecule has 2 N–H and O–H groups in total. The molecule has 2 atom stereocenters. The number of amides is 1. The van der Waals surface area contributed by atoms with E-state index < -0.39 is 0 Å². The maximum atomic E-state index is 12.4. The quantitative estimate of drug-likeness (QED) is 0.826. The molecule has 4 nitrogen and oxygen atoms in total. The van der Waals surface area contributed by atoms with Crippen molar-refractivity contribution < 1.29 is 4.79 Å². The SMILES string of the molecule is Cc1cc(C(=O)N2CC(C)CC(C)C2)cc(N)n1. The number of carbonyl (C=O) groups is 1. The molecule has 1 aliphatic rings. The van der Waals surface area contributed by atoms with Crippen molar-refractivity contribution in [3.8, 4) is 0 Å². The lowest BCUT2D eigenvalue weighted by Gasteiger charge is -2.35. The Morgan fingerprint density at radius 1 is 1.33 bits per heavy atom. The van der Waals surface area contributed by atoms with Crippen LogP contribution in [0.15, 0.2) is 12.1 Å². The van der Waals surface area contributed by atoms with Crippen LogP contribution >= 0.6 is 0 Å². The van der Waals surface area contributed by atoms with Crippen LogP contribution in [0.4, 0.5) is 5.82 Å². The molecular formula is C14H21N3O. The molecule has 1 saturated heterocycles. The summed E-state index contributed by atoms with van der Waals surface area (Å²) in [6, 6.07) is 3.47. The minimum atomic E-state index is 0.0746. The smallest absolute Gasteiger partial charge is 0.254 e. The Labute approximate surface area is 108 Å². The molecular weight excluding hydrogens is 226 g/mol. The lowest BCUT2D eigenvalue weighted by atomic mass is 9.91. The Kier molecular flexibility index (Phi) is 3.55. The number of nitrogens with two attached hydrogens (primary N) is 1. The Morgan fingerprint density at radius 3 is 2.50 bits per heavy atom. The van der Waals surface area contributed by atoms with E-state index >= 15 is 0 Å². The van der Waals surface area contributed by atoms with Gasteiger partial charge in [0.15, 0.2) is 0 Å². The van der Waals surface area contributed by atoms with Crippen molar-refractivity contribution in [2.24, 2.45) is 11.8 Å².